The van der Waals surface area contributed by atoms with Crippen molar-refractivity contribution in [1.82, 2.24) is 9.88 Å². The molecule has 0 aliphatic carbocycles. The molecule has 8 heteroatoms. The lowest BCUT2D eigenvalue weighted by Gasteiger charge is -2.26. The van der Waals surface area contributed by atoms with Gasteiger partial charge < -0.3 is 15.0 Å². The third-order valence-electron chi connectivity index (χ3n) is 4.65. The lowest BCUT2D eigenvalue weighted by atomic mass is 10.1. The molecule has 0 spiro atoms. The SMILES string of the molecule is CCOc1ccc(-c2nc(NC(=O)CSCC(=O)N3CCCCC3)sc2C)cc1. The maximum atomic E-state index is 12.2. The summed E-state index contributed by atoms with van der Waals surface area (Å²) in [6.07, 6.45) is 3.36. The van der Waals surface area contributed by atoms with E-state index in [1.165, 1.54) is 29.5 Å². The fraction of sp³-hybridized carbons (Fsp3) is 0.476. The number of piperidine rings is 1. The van der Waals surface area contributed by atoms with Gasteiger partial charge >= 0.3 is 0 Å². The largest absolute Gasteiger partial charge is 0.494 e. The zero-order chi connectivity index (χ0) is 20.6. The topological polar surface area (TPSA) is 71.5 Å². The normalized spacial score (nSPS) is 13.9. The maximum Gasteiger partial charge on any atom is 0.236 e. The van der Waals surface area contributed by atoms with E-state index in [9.17, 15) is 9.59 Å². The third kappa shape index (κ3) is 6.21. The van der Waals surface area contributed by atoms with E-state index in [-0.39, 0.29) is 17.6 Å². The number of nitrogens with one attached hydrogen (secondary N) is 1. The Kier molecular flexibility index (Phi) is 7.94. The molecule has 1 aliphatic rings. The van der Waals surface area contributed by atoms with Crippen LogP contribution in [0.25, 0.3) is 11.3 Å². The molecule has 1 N–H and O–H groups in total. The molecule has 0 radical (unpaired) electrons. The van der Waals surface area contributed by atoms with Crippen LogP contribution in [0.4, 0.5) is 5.13 Å². The highest BCUT2D eigenvalue weighted by Crippen LogP contribution is 2.31. The molecule has 1 fully saturated rings. The molecule has 6 nitrogen and oxygen atoms in total. The molecule has 1 saturated heterocycles. The number of amides is 2. The van der Waals surface area contributed by atoms with Crippen molar-refractivity contribution in [3.63, 3.8) is 0 Å². The van der Waals surface area contributed by atoms with E-state index in [2.05, 4.69) is 10.3 Å². The first-order valence-electron chi connectivity index (χ1n) is 9.93. The minimum absolute atomic E-state index is 0.130. The molecule has 3 rings (SSSR count). The van der Waals surface area contributed by atoms with E-state index in [0.29, 0.717) is 17.5 Å². The van der Waals surface area contributed by atoms with Crippen molar-refractivity contribution in [1.29, 1.82) is 0 Å². The number of ether oxygens (including phenoxy) is 1. The summed E-state index contributed by atoms with van der Waals surface area (Å²) < 4.78 is 5.47. The highest BCUT2D eigenvalue weighted by atomic mass is 32.2. The number of nitrogens with zero attached hydrogens (tertiary/aromatic N) is 2. The molecular formula is C21H27N3O3S2. The third-order valence-corrected chi connectivity index (χ3v) is 6.45. The van der Waals surface area contributed by atoms with Crippen LogP contribution < -0.4 is 10.1 Å². The molecule has 1 aliphatic heterocycles. The minimum Gasteiger partial charge on any atom is -0.494 e. The van der Waals surface area contributed by atoms with Gasteiger partial charge in [0, 0.05) is 23.5 Å². The van der Waals surface area contributed by atoms with Crippen LogP contribution in [0.5, 0.6) is 5.75 Å². The van der Waals surface area contributed by atoms with E-state index in [1.54, 1.807) is 0 Å². The van der Waals surface area contributed by atoms with Crippen LogP contribution in [0.15, 0.2) is 24.3 Å². The molecule has 2 aromatic rings. The van der Waals surface area contributed by atoms with Gasteiger partial charge in [-0.05, 0) is 57.4 Å². The van der Waals surface area contributed by atoms with Crippen LogP contribution in [0.1, 0.15) is 31.1 Å². The average molecular weight is 434 g/mol. The van der Waals surface area contributed by atoms with Crippen LogP contribution in [-0.2, 0) is 9.59 Å². The van der Waals surface area contributed by atoms with Gasteiger partial charge in [0.25, 0.3) is 0 Å². The van der Waals surface area contributed by atoms with Crippen LogP contribution >= 0.6 is 23.1 Å². The van der Waals surface area contributed by atoms with Crippen LogP contribution in [-0.4, -0.2) is 52.9 Å². The summed E-state index contributed by atoms with van der Waals surface area (Å²) in [6.45, 7) is 6.27. The Morgan fingerprint density at radius 3 is 2.59 bits per heavy atom. The Hall–Kier alpha value is -2.06. The fourth-order valence-electron chi connectivity index (χ4n) is 3.21. The number of hydrogen-bond donors (Lipinski definition) is 1. The summed E-state index contributed by atoms with van der Waals surface area (Å²) in [5.74, 6) is 1.42. The highest BCUT2D eigenvalue weighted by molar-refractivity contribution is 8.00. The van der Waals surface area contributed by atoms with Crippen molar-refractivity contribution >= 4 is 40.0 Å². The second-order valence-corrected chi connectivity index (χ2v) is 9.05. The number of aryl methyl sites for hydroxylation is 1. The van der Waals surface area contributed by atoms with Gasteiger partial charge in [0.1, 0.15) is 5.75 Å². The monoisotopic (exact) mass is 433 g/mol. The lowest BCUT2D eigenvalue weighted by molar-refractivity contribution is -0.129. The Morgan fingerprint density at radius 2 is 1.90 bits per heavy atom. The average Bonchev–Trinajstić information content (AvgIpc) is 3.09. The molecule has 156 valence electrons. The summed E-state index contributed by atoms with van der Waals surface area (Å²) in [5.41, 5.74) is 1.85. The minimum atomic E-state index is -0.131. The van der Waals surface area contributed by atoms with Gasteiger partial charge in [-0.2, -0.15) is 0 Å². The summed E-state index contributed by atoms with van der Waals surface area (Å²) in [7, 11) is 0. The highest BCUT2D eigenvalue weighted by Gasteiger charge is 2.17. The fourth-order valence-corrected chi connectivity index (χ4v) is 4.78. The van der Waals surface area contributed by atoms with Crippen molar-refractivity contribution in [2.45, 2.75) is 33.1 Å². The van der Waals surface area contributed by atoms with E-state index in [4.69, 9.17) is 4.74 Å². The van der Waals surface area contributed by atoms with Crippen molar-refractivity contribution < 1.29 is 14.3 Å². The Labute approximate surface area is 180 Å². The molecule has 1 aromatic carbocycles. The number of rotatable bonds is 8. The first-order valence-corrected chi connectivity index (χ1v) is 11.9. The number of carbonyl (C=O) groups is 2. The maximum absolute atomic E-state index is 12.2. The summed E-state index contributed by atoms with van der Waals surface area (Å²) in [5, 5.41) is 3.44. The summed E-state index contributed by atoms with van der Waals surface area (Å²) in [4.78, 5) is 31.9. The molecule has 2 amide bonds. The molecule has 0 unspecified atom stereocenters. The number of thioether (sulfide) groups is 1. The van der Waals surface area contributed by atoms with Crippen molar-refractivity contribution in [2.75, 3.05) is 36.5 Å². The van der Waals surface area contributed by atoms with Crippen molar-refractivity contribution in [2.24, 2.45) is 0 Å². The number of benzene rings is 1. The van der Waals surface area contributed by atoms with E-state index < -0.39 is 0 Å². The number of likely N-dealkylation sites (tertiary alicyclic amines) is 1. The number of aromatic nitrogens is 1. The number of hydrogen-bond acceptors (Lipinski definition) is 6. The molecule has 2 heterocycles. The van der Waals surface area contributed by atoms with E-state index in [0.717, 1.165) is 47.8 Å². The van der Waals surface area contributed by atoms with Gasteiger partial charge in [0.05, 0.1) is 23.8 Å². The van der Waals surface area contributed by atoms with E-state index >= 15 is 0 Å². The zero-order valence-corrected chi connectivity index (χ0v) is 18.5. The second-order valence-electron chi connectivity index (χ2n) is 6.86. The molecule has 1 aromatic heterocycles. The van der Waals surface area contributed by atoms with Crippen molar-refractivity contribution in [3.05, 3.63) is 29.1 Å². The summed E-state index contributed by atoms with van der Waals surface area (Å²) in [6, 6.07) is 7.79. The van der Waals surface area contributed by atoms with Crippen molar-refractivity contribution in [3.8, 4) is 17.0 Å². The van der Waals surface area contributed by atoms with E-state index in [1.807, 2.05) is 43.0 Å². The van der Waals surface area contributed by atoms with Gasteiger partial charge in [-0.15, -0.1) is 23.1 Å². The number of anilines is 1. The van der Waals surface area contributed by atoms with Gasteiger partial charge in [0.15, 0.2) is 5.13 Å². The molecule has 0 atom stereocenters. The van der Waals surface area contributed by atoms with Crippen LogP contribution in [0, 0.1) is 6.92 Å². The van der Waals surface area contributed by atoms with Gasteiger partial charge in [-0.25, -0.2) is 4.98 Å². The first kappa shape index (κ1) is 21.6. The quantitative estimate of drug-likeness (QED) is 0.675. The molecule has 29 heavy (non-hydrogen) atoms. The predicted molar refractivity (Wildman–Crippen MR) is 120 cm³/mol. The zero-order valence-electron chi connectivity index (χ0n) is 16.9. The lowest BCUT2D eigenvalue weighted by Crippen LogP contribution is -2.37. The smallest absolute Gasteiger partial charge is 0.236 e. The Balaban J connectivity index is 1.49. The van der Waals surface area contributed by atoms with Gasteiger partial charge in [-0.1, -0.05) is 0 Å². The van der Waals surface area contributed by atoms with Gasteiger partial charge in [0.2, 0.25) is 11.8 Å². The second kappa shape index (κ2) is 10.6. The predicted octanol–water partition coefficient (Wildman–Crippen LogP) is 4.20. The van der Waals surface area contributed by atoms with Crippen LogP contribution in [0.2, 0.25) is 0 Å². The first-order chi connectivity index (χ1) is 14.1. The molecule has 0 bridgehead atoms. The summed E-state index contributed by atoms with van der Waals surface area (Å²) >= 11 is 2.81. The Bertz CT molecular complexity index is 830. The number of carbonyl (C=O) groups excluding carboxylic acids is 2. The Morgan fingerprint density at radius 1 is 1.17 bits per heavy atom. The molecular weight excluding hydrogens is 406 g/mol. The molecule has 0 saturated carbocycles. The number of thiazole rings is 1. The van der Waals surface area contributed by atoms with Crippen LogP contribution in [0.3, 0.4) is 0 Å². The standard InChI is InChI=1S/C21H27N3O3S2/c1-3-27-17-9-7-16(8-10-17)20-15(2)29-21(23-20)22-18(25)13-28-14-19(26)24-11-5-4-6-12-24/h7-10H,3-6,11-14H2,1-2H3,(H,22,23,25). The van der Waals surface area contributed by atoms with Gasteiger partial charge in [-0.3, -0.25) is 9.59 Å².